The van der Waals surface area contributed by atoms with Crippen molar-refractivity contribution in [1.29, 1.82) is 0 Å². The lowest BCUT2D eigenvalue weighted by Crippen LogP contribution is -2.26. The predicted molar refractivity (Wildman–Crippen MR) is 142 cm³/mol. The highest BCUT2D eigenvalue weighted by Crippen LogP contribution is 2.41. The summed E-state index contributed by atoms with van der Waals surface area (Å²) in [6.45, 7) is 1.21. The molecule has 2 aromatic carbocycles. The number of anilines is 1. The highest BCUT2D eigenvalue weighted by molar-refractivity contribution is 5.94. The maximum Gasteiger partial charge on any atom is 0.305 e. The number of carboxylic acids is 1. The lowest BCUT2D eigenvalue weighted by Gasteiger charge is -2.31. The molecule has 1 aliphatic rings. The quantitative estimate of drug-likeness (QED) is 0.246. The van der Waals surface area contributed by atoms with Crippen LogP contribution in [-0.2, 0) is 20.9 Å². The van der Waals surface area contributed by atoms with Gasteiger partial charge in [0.05, 0.1) is 32.3 Å². The molecule has 0 spiro atoms. The van der Waals surface area contributed by atoms with E-state index in [1.165, 1.54) is 18.6 Å². The van der Waals surface area contributed by atoms with Gasteiger partial charge in [-0.15, -0.1) is 0 Å². The molecule has 38 heavy (non-hydrogen) atoms. The fraction of sp³-hybridized carbons (Fsp3) is 0.448. The van der Waals surface area contributed by atoms with Crippen molar-refractivity contribution < 1.29 is 33.0 Å². The average molecular weight is 527 g/mol. The normalized spacial score (nSPS) is 14.9. The number of methoxy groups -OCH3 is 1. The van der Waals surface area contributed by atoms with Gasteiger partial charge in [0.25, 0.3) is 5.91 Å². The molecule has 8 nitrogen and oxygen atoms in total. The van der Waals surface area contributed by atoms with Crippen LogP contribution < -0.4 is 10.6 Å². The second-order valence-corrected chi connectivity index (χ2v) is 9.63. The minimum atomic E-state index is -0.963. The van der Waals surface area contributed by atoms with Gasteiger partial charge >= 0.3 is 5.97 Å². The summed E-state index contributed by atoms with van der Waals surface area (Å²) in [7, 11) is 1.62. The molecule has 1 saturated carbocycles. The molecule has 0 radical (unpaired) electrons. The minimum Gasteiger partial charge on any atom is -0.481 e. The number of carbonyl (C=O) groups is 2. The number of nitrogens with one attached hydrogen (secondary N) is 2. The van der Waals surface area contributed by atoms with E-state index in [1.807, 2.05) is 12.1 Å². The van der Waals surface area contributed by atoms with Crippen LogP contribution in [0.2, 0.25) is 0 Å². The van der Waals surface area contributed by atoms with Crippen LogP contribution in [0.3, 0.4) is 0 Å². The van der Waals surface area contributed by atoms with Gasteiger partial charge in [0, 0.05) is 35.9 Å². The summed E-state index contributed by atoms with van der Waals surface area (Å²) in [6, 6.07) is 11.5. The molecule has 0 aliphatic heterocycles. The zero-order valence-corrected chi connectivity index (χ0v) is 21.6. The van der Waals surface area contributed by atoms with Gasteiger partial charge in [0.15, 0.2) is 0 Å². The van der Waals surface area contributed by atoms with Crippen molar-refractivity contribution in [3.8, 4) is 0 Å². The molecule has 204 valence electrons. The molecule has 1 aromatic heterocycles. The minimum absolute atomic E-state index is 0.0692. The molecule has 1 atom stereocenters. The van der Waals surface area contributed by atoms with E-state index < -0.39 is 5.97 Å². The second-order valence-electron chi connectivity index (χ2n) is 9.63. The first kappa shape index (κ1) is 27.6. The summed E-state index contributed by atoms with van der Waals surface area (Å²) in [6.07, 6.45) is 5.41. The molecular weight excluding hydrogens is 491 g/mol. The SMILES string of the molecule is COCCOCc1c(C(Nc2ccc(C(=O)NCCC(=O)O)cc2)C2CCCCC2)oc2ccc(F)cc12. The topological polar surface area (TPSA) is 110 Å². The maximum atomic E-state index is 14.2. The van der Waals surface area contributed by atoms with E-state index in [4.69, 9.17) is 19.0 Å². The molecule has 3 N–H and O–H groups in total. The van der Waals surface area contributed by atoms with E-state index in [-0.39, 0.29) is 37.3 Å². The number of halogens is 1. The Morgan fingerprint density at radius 3 is 2.58 bits per heavy atom. The smallest absolute Gasteiger partial charge is 0.305 e. The van der Waals surface area contributed by atoms with Crippen LogP contribution in [0.5, 0.6) is 0 Å². The fourth-order valence-corrected chi connectivity index (χ4v) is 5.00. The van der Waals surface area contributed by atoms with Crippen LogP contribution in [0.1, 0.15) is 66.2 Å². The number of carbonyl (C=O) groups excluding carboxylic acids is 1. The predicted octanol–water partition coefficient (Wildman–Crippen LogP) is 5.67. The van der Waals surface area contributed by atoms with Crippen LogP contribution in [0.15, 0.2) is 46.9 Å². The Hall–Kier alpha value is -3.43. The number of aliphatic carboxylic acids is 1. The van der Waals surface area contributed by atoms with E-state index in [9.17, 15) is 14.0 Å². The molecular formula is C29H35FN2O6. The molecule has 1 heterocycles. The Kier molecular flexibility index (Phi) is 9.73. The number of amides is 1. The average Bonchev–Trinajstić information content (AvgIpc) is 3.27. The number of hydrogen-bond acceptors (Lipinski definition) is 6. The molecule has 3 aromatic rings. The largest absolute Gasteiger partial charge is 0.481 e. The summed E-state index contributed by atoms with van der Waals surface area (Å²) in [4.78, 5) is 23.1. The van der Waals surface area contributed by atoms with Crippen LogP contribution >= 0.6 is 0 Å². The Bertz CT molecular complexity index is 1220. The molecule has 9 heteroatoms. The standard InChI is InChI=1S/C29H35FN2O6/c1-36-15-16-37-18-24-23-17-21(30)9-12-25(23)38-28(24)27(19-5-3-2-4-6-19)32-22-10-7-20(8-11-22)29(35)31-14-13-26(33)34/h7-12,17,19,27,32H,2-6,13-16,18H2,1H3,(H,31,35)(H,33,34). The van der Waals surface area contributed by atoms with Crippen molar-refractivity contribution in [2.45, 2.75) is 51.2 Å². The van der Waals surface area contributed by atoms with Gasteiger partial charge in [0.2, 0.25) is 0 Å². The van der Waals surface area contributed by atoms with Gasteiger partial charge in [0.1, 0.15) is 17.2 Å². The fourth-order valence-electron chi connectivity index (χ4n) is 5.00. The number of carboxylic acid groups (broad SMARTS) is 1. The molecule has 4 rings (SSSR count). The molecule has 0 saturated heterocycles. The van der Waals surface area contributed by atoms with Crippen LogP contribution in [0.25, 0.3) is 11.0 Å². The van der Waals surface area contributed by atoms with Crippen molar-refractivity contribution in [2.24, 2.45) is 5.92 Å². The third kappa shape index (κ3) is 7.11. The van der Waals surface area contributed by atoms with Gasteiger partial charge in [-0.3, -0.25) is 9.59 Å². The Labute approximate surface area is 221 Å². The lowest BCUT2D eigenvalue weighted by molar-refractivity contribution is -0.136. The zero-order chi connectivity index (χ0) is 26.9. The summed E-state index contributed by atoms with van der Waals surface area (Å²) >= 11 is 0. The van der Waals surface area contributed by atoms with E-state index >= 15 is 0 Å². The monoisotopic (exact) mass is 526 g/mol. The molecule has 1 unspecified atom stereocenters. The Morgan fingerprint density at radius 1 is 1.11 bits per heavy atom. The third-order valence-corrected chi connectivity index (χ3v) is 6.96. The lowest BCUT2D eigenvalue weighted by atomic mass is 9.82. The Balaban J connectivity index is 1.60. The van der Waals surface area contributed by atoms with Crippen molar-refractivity contribution in [2.75, 3.05) is 32.2 Å². The van der Waals surface area contributed by atoms with E-state index in [0.717, 1.165) is 42.7 Å². The van der Waals surface area contributed by atoms with E-state index in [2.05, 4.69) is 10.6 Å². The van der Waals surface area contributed by atoms with Gasteiger partial charge < -0.3 is 29.6 Å². The number of fused-ring (bicyclic) bond motifs is 1. The number of furan rings is 1. The van der Waals surface area contributed by atoms with Crippen molar-refractivity contribution in [1.82, 2.24) is 5.32 Å². The first-order valence-electron chi connectivity index (χ1n) is 13.1. The summed E-state index contributed by atoms with van der Waals surface area (Å²) in [5.74, 6) is -0.564. The molecule has 0 bridgehead atoms. The first-order chi connectivity index (χ1) is 18.5. The van der Waals surface area contributed by atoms with Crippen molar-refractivity contribution in [3.63, 3.8) is 0 Å². The van der Waals surface area contributed by atoms with Gasteiger partial charge in [-0.1, -0.05) is 19.3 Å². The zero-order valence-electron chi connectivity index (χ0n) is 21.6. The number of hydrogen-bond donors (Lipinski definition) is 3. The van der Waals surface area contributed by atoms with E-state index in [0.29, 0.717) is 35.7 Å². The van der Waals surface area contributed by atoms with Crippen LogP contribution in [0.4, 0.5) is 10.1 Å². The second kappa shape index (κ2) is 13.4. The highest BCUT2D eigenvalue weighted by Gasteiger charge is 2.31. The van der Waals surface area contributed by atoms with E-state index in [1.54, 1.807) is 25.3 Å². The Morgan fingerprint density at radius 2 is 1.87 bits per heavy atom. The van der Waals surface area contributed by atoms with Gasteiger partial charge in [-0.2, -0.15) is 0 Å². The van der Waals surface area contributed by atoms with Crippen molar-refractivity contribution >= 4 is 28.5 Å². The third-order valence-electron chi connectivity index (χ3n) is 6.96. The van der Waals surface area contributed by atoms with Gasteiger partial charge in [-0.05, 0) is 61.2 Å². The van der Waals surface area contributed by atoms with Crippen molar-refractivity contribution in [3.05, 3.63) is 65.2 Å². The summed E-state index contributed by atoms with van der Waals surface area (Å²) in [5.41, 5.74) is 2.71. The number of ether oxygens (including phenoxy) is 2. The molecule has 1 fully saturated rings. The number of benzene rings is 2. The van der Waals surface area contributed by atoms with Crippen LogP contribution in [0, 0.1) is 11.7 Å². The van der Waals surface area contributed by atoms with Gasteiger partial charge in [-0.25, -0.2) is 4.39 Å². The molecule has 1 aliphatic carbocycles. The van der Waals surface area contributed by atoms with Crippen LogP contribution in [-0.4, -0.2) is 43.9 Å². The maximum absolute atomic E-state index is 14.2. The summed E-state index contributed by atoms with van der Waals surface area (Å²) < 4.78 is 31.6. The number of rotatable bonds is 13. The summed E-state index contributed by atoms with van der Waals surface area (Å²) in [5, 5.41) is 15.7. The first-order valence-corrected chi connectivity index (χ1v) is 13.1. The molecule has 1 amide bonds. The highest BCUT2D eigenvalue weighted by atomic mass is 19.1.